The third-order valence-corrected chi connectivity index (χ3v) is 7.13. The van der Waals surface area contributed by atoms with Crippen LogP contribution in [0.3, 0.4) is 0 Å². The van der Waals surface area contributed by atoms with E-state index in [0.29, 0.717) is 23.3 Å². The molecule has 5 nitrogen and oxygen atoms in total. The number of dihydropyridines is 1. The lowest BCUT2D eigenvalue weighted by atomic mass is 9.73. The molecule has 3 aliphatic rings. The topological polar surface area (TPSA) is 68.3 Å². The molecule has 2 atom stereocenters. The maximum Gasteiger partial charge on any atom is 0.337 e. The summed E-state index contributed by atoms with van der Waals surface area (Å²) < 4.78 is 5.96. The molecule has 5 heteroatoms. The summed E-state index contributed by atoms with van der Waals surface area (Å²) in [6.07, 6.45) is 8.03. The minimum atomic E-state index is -0.497. The summed E-state index contributed by atoms with van der Waals surface area (Å²) in [6, 6.07) is 15.8. The number of ether oxygens (including phenoxy) is 1. The molecule has 2 aromatic rings. The van der Waals surface area contributed by atoms with Crippen molar-refractivity contribution >= 4 is 11.8 Å². The van der Waals surface area contributed by atoms with E-state index < -0.39 is 5.92 Å². The van der Waals surface area contributed by atoms with Crippen LogP contribution >= 0.6 is 0 Å². The Balaban J connectivity index is 1.51. The Kier molecular flexibility index (Phi) is 6.12. The van der Waals surface area contributed by atoms with E-state index in [2.05, 4.69) is 22.4 Å². The van der Waals surface area contributed by atoms with Gasteiger partial charge in [-0.1, -0.05) is 42.8 Å². The van der Waals surface area contributed by atoms with Crippen molar-refractivity contribution in [2.75, 3.05) is 0 Å². The number of aromatic nitrogens is 1. The first kappa shape index (κ1) is 21.6. The molecule has 0 spiro atoms. The fourth-order valence-corrected chi connectivity index (χ4v) is 5.51. The normalized spacial score (nSPS) is 23.7. The number of nitrogens with one attached hydrogen (secondary N) is 1. The summed E-state index contributed by atoms with van der Waals surface area (Å²) in [5, 5.41) is 3.43. The second-order valence-electron chi connectivity index (χ2n) is 9.35. The van der Waals surface area contributed by atoms with Gasteiger partial charge in [0, 0.05) is 29.6 Å². The maximum absolute atomic E-state index is 13.6. The number of rotatable bonds is 4. The van der Waals surface area contributed by atoms with Gasteiger partial charge in [-0.3, -0.25) is 9.78 Å². The molecular weight excluding hydrogens is 412 g/mol. The van der Waals surface area contributed by atoms with Crippen LogP contribution < -0.4 is 5.32 Å². The van der Waals surface area contributed by atoms with Gasteiger partial charge < -0.3 is 10.1 Å². The lowest BCUT2D eigenvalue weighted by molar-refractivity contribution is -0.146. The fourth-order valence-electron chi connectivity index (χ4n) is 5.51. The molecule has 33 heavy (non-hydrogen) atoms. The van der Waals surface area contributed by atoms with E-state index in [9.17, 15) is 9.59 Å². The first-order valence-corrected chi connectivity index (χ1v) is 12.0. The molecule has 0 amide bonds. The highest BCUT2D eigenvalue weighted by molar-refractivity contribution is 6.04. The zero-order chi connectivity index (χ0) is 22.8. The second kappa shape index (κ2) is 9.34. The van der Waals surface area contributed by atoms with Crippen LogP contribution in [-0.2, 0) is 14.3 Å². The fraction of sp³-hybridized carbons (Fsp3) is 0.393. The lowest BCUT2D eigenvalue weighted by Crippen LogP contribution is -2.37. The highest BCUT2D eigenvalue weighted by Crippen LogP contribution is 2.45. The molecule has 1 aromatic carbocycles. The third-order valence-electron chi connectivity index (χ3n) is 7.13. The molecular formula is C28H30N2O3. The van der Waals surface area contributed by atoms with Crippen molar-refractivity contribution < 1.29 is 14.3 Å². The quantitative estimate of drug-likeness (QED) is 0.649. The van der Waals surface area contributed by atoms with E-state index in [1.807, 2.05) is 43.3 Å². The number of nitrogens with zero attached hydrogens (tertiary/aromatic N) is 1. The number of esters is 1. The number of hydrogen-bond acceptors (Lipinski definition) is 5. The van der Waals surface area contributed by atoms with Gasteiger partial charge in [0.2, 0.25) is 0 Å². The zero-order valence-electron chi connectivity index (χ0n) is 19.0. The van der Waals surface area contributed by atoms with Crippen LogP contribution in [0, 0.1) is 0 Å². The lowest BCUT2D eigenvalue weighted by Gasteiger charge is -2.36. The number of pyridine rings is 1. The highest BCUT2D eigenvalue weighted by Gasteiger charge is 2.42. The zero-order valence-corrected chi connectivity index (χ0v) is 19.0. The van der Waals surface area contributed by atoms with E-state index in [-0.39, 0.29) is 23.8 Å². The van der Waals surface area contributed by atoms with Crippen LogP contribution in [0.2, 0.25) is 0 Å². The molecule has 2 aliphatic carbocycles. The molecule has 1 aromatic heterocycles. The number of carbonyl (C=O) groups excluding carboxylic acids is 2. The average molecular weight is 443 g/mol. The number of ketones is 1. The van der Waals surface area contributed by atoms with E-state index >= 15 is 0 Å². The number of Topliss-reactive ketones (excluding diaryl/α,β-unsaturated/α-hetero) is 1. The van der Waals surface area contributed by atoms with Crippen LogP contribution in [0.4, 0.5) is 0 Å². The first-order valence-electron chi connectivity index (χ1n) is 12.0. The molecule has 0 unspecified atom stereocenters. The molecule has 5 rings (SSSR count). The van der Waals surface area contributed by atoms with Crippen molar-refractivity contribution in [2.45, 2.75) is 69.8 Å². The summed E-state index contributed by atoms with van der Waals surface area (Å²) in [5.41, 5.74) is 4.73. The smallest absolute Gasteiger partial charge is 0.337 e. The maximum atomic E-state index is 13.6. The standard InChI is InChI=1S/C28H30N2O3/c1-18-25(28(32)33-21-12-6-3-7-13-21)27(22-14-8-9-15-29-22)26-23(30-18)16-20(17-24(26)31)19-10-4-2-5-11-19/h2,4-5,8-11,14-15,20-21,27,30H,3,6-7,12-13,16-17H2,1H3/t20-,27-/m0/s1. The Morgan fingerprint density at radius 2 is 1.76 bits per heavy atom. The summed E-state index contributed by atoms with van der Waals surface area (Å²) >= 11 is 0. The minimum Gasteiger partial charge on any atom is -0.459 e. The molecule has 1 saturated carbocycles. The average Bonchev–Trinajstić information content (AvgIpc) is 2.84. The van der Waals surface area contributed by atoms with Gasteiger partial charge >= 0.3 is 5.97 Å². The van der Waals surface area contributed by atoms with Gasteiger partial charge in [-0.2, -0.15) is 0 Å². The van der Waals surface area contributed by atoms with E-state index in [1.54, 1.807) is 6.20 Å². The predicted molar refractivity (Wildman–Crippen MR) is 126 cm³/mol. The molecule has 1 N–H and O–H groups in total. The van der Waals surface area contributed by atoms with Gasteiger partial charge in [-0.05, 0) is 62.6 Å². The minimum absolute atomic E-state index is 0.0455. The van der Waals surface area contributed by atoms with Gasteiger partial charge in [-0.15, -0.1) is 0 Å². The molecule has 0 radical (unpaired) electrons. The molecule has 1 fully saturated rings. The third kappa shape index (κ3) is 4.37. The van der Waals surface area contributed by atoms with Crippen molar-refractivity contribution in [3.8, 4) is 0 Å². The Labute approximate surface area is 195 Å². The van der Waals surface area contributed by atoms with Crippen LogP contribution in [0.25, 0.3) is 0 Å². The van der Waals surface area contributed by atoms with Crippen molar-refractivity contribution in [1.29, 1.82) is 0 Å². The van der Waals surface area contributed by atoms with Crippen molar-refractivity contribution in [3.05, 3.63) is 88.5 Å². The SMILES string of the molecule is CC1=C(C(=O)OC2CCCCC2)[C@H](c2ccccn2)C2=C(C[C@H](c3ccccc3)CC2=O)N1. The number of allylic oxidation sites excluding steroid dienone is 3. The highest BCUT2D eigenvalue weighted by atomic mass is 16.5. The Hall–Kier alpha value is -3.21. The van der Waals surface area contributed by atoms with Gasteiger partial charge in [0.1, 0.15) is 6.10 Å². The molecule has 0 bridgehead atoms. The molecule has 0 saturated heterocycles. The summed E-state index contributed by atoms with van der Waals surface area (Å²) in [5.74, 6) is -0.628. The Bertz CT molecular complexity index is 1100. The Morgan fingerprint density at radius 1 is 1.00 bits per heavy atom. The monoisotopic (exact) mass is 442 g/mol. The van der Waals surface area contributed by atoms with E-state index in [1.165, 1.54) is 6.42 Å². The van der Waals surface area contributed by atoms with Crippen LogP contribution in [0.1, 0.15) is 75.0 Å². The number of carbonyl (C=O) groups is 2. The van der Waals surface area contributed by atoms with Gasteiger partial charge in [0.25, 0.3) is 0 Å². The van der Waals surface area contributed by atoms with Crippen molar-refractivity contribution in [1.82, 2.24) is 10.3 Å². The van der Waals surface area contributed by atoms with Gasteiger partial charge in [0.05, 0.1) is 17.2 Å². The predicted octanol–water partition coefficient (Wildman–Crippen LogP) is 5.32. The number of benzene rings is 1. The number of hydrogen-bond donors (Lipinski definition) is 1. The first-order chi connectivity index (χ1) is 16.1. The second-order valence-corrected chi connectivity index (χ2v) is 9.35. The van der Waals surface area contributed by atoms with Crippen LogP contribution in [0.15, 0.2) is 77.3 Å². The van der Waals surface area contributed by atoms with Crippen molar-refractivity contribution in [3.63, 3.8) is 0 Å². The van der Waals surface area contributed by atoms with E-state index in [4.69, 9.17) is 4.74 Å². The summed E-state index contributed by atoms with van der Waals surface area (Å²) in [4.78, 5) is 31.6. The largest absolute Gasteiger partial charge is 0.459 e. The summed E-state index contributed by atoms with van der Waals surface area (Å²) in [6.45, 7) is 1.91. The van der Waals surface area contributed by atoms with Crippen LogP contribution in [-0.4, -0.2) is 22.8 Å². The van der Waals surface area contributed by atoms with Crippen LogP contribution in [0.5, 0.6) is 0 Å². The van der Waals surface area contributed by atoms with Gasteiger partial charge in [0.15, 0.2) is 5.78 Å². The van der Waals surface area contributed by atoms with Gasteiger partial charge in [-0.25, -0.2) is 4.79 Å². The summed E-state index contributed by atoms with van der Waals surface area (Å²) in [7, 11) is 0. The van der Waals surface area contributed by atoms with E-state index in [0.717, 1.165) is 49.1 Å². The molecule has 2 heterocycles. The molecule has 170 valence electrons. The molecule has 1 aliphatic heterocycles. The Morgan fingerprint density at radius 3 is 2.48 bits per heavy atom. The van der Waals surface area contributed by atoms with Crippen molar-refractivity contribution in [2.24, 2.45) is 0 Å².